The summed E-state index contributed by atoms with van der Waals surface area (Å²) in [4.78, 5) is 54.7. The molecule has 5 unspecified atom stereocenters. The summed E-state index contributed by atoms with van der Waals surface area (Å²) in [7, 11) is 2.08. The molecule has 0 heterocycles. The Morgan fingerprint density at radius 3 is 1.83 bits per heavy atom. The van der Waals surface area contributed by atoms with Crippen molar-refractivity contribution in [2.24, 2.45) is 17.8 Å². The van der Waals surface area contributed by atoms with Gasteiger partial charge in [-0.25, -0.2) is 9.59 Å². The fourth-order valence-electron chi connectivity index (χ4n) is 9.01. The van der Waals surface area contributed by atoms with Crippen molar-refractivity contribution in [2.45, 2.75) is 64.1 Å². The van der Waals surface area contributed by atoms with Gasteiger partial charge in [0.1, 0.15) is 34.5 Å². The van der Waals surface area contributed by atoms with E-state index in [2.05, 4.69) is 0 Å². The standard InChI is InChI=1S/C43H43ClO14/c1-16(2)42(55)15-25(49)32-34(37(42)23(47)13-26(50)57-6)29(19-9-8-10-21(45)28(19)40(32)53)33-30-20(44)11-12-22(46)31(30)41(54)36-35(33)38(24(48)14-27(51)58-7)43(56,17(3)4)18(5)39(36)52/h8-14,16-18,37-38,45-48,53-56H,15H2,1-7H3/b23-13+,24-14+. The molecule has 2 aliphatic rings. The van der Waals surface area contributed by atoms with Crippen molar-refractivity contribution < 1.29 is 69.5 Å². The first-order valence-electron chi connectivity index (χ1n) is 18.3. The van der Waals surface area contributed by atoms with Crippen LogP contribution in [0.2, 0.25) is 5.02 Å². The average molecular weight is 819 g/mol. The minimum atomic E-state index is -2.29. The minimum absolute atomic E-state index is 0.115. The quantitative estimate of drug-likeness (QED) is 0.0548. The van der Waals surface area contributed by atoms with Gasteiger partial charge in [0.05, 0.1) is 71.3 Å². The van der Waals surface area contributed by atoms with Crippen molar-refractivity contribution in [3.63, 3.8) is 0 Å². The lowest BCUT2D eigenvalue weighted by molar-refractivity contribution is -0.136. The van der Waals surface area contributed by atoms with Crippen LogP contribution in [0.15, 0.2) is 54.0 Å². The maximum absolute atomic E-state index is 14.8. The van der Waals surface area contributed by atoms with E-state index in [1.54, 1.807) is 27.7 Å². The van der Waals surface area contributed by atoms with Crippen molar-refractivity contribution in [2.75, 3.05) is 14.2 Å². The highest BCUT2D eigenvalue weighted by atomic mass is 35.5. The van der Waals surface area contributed by atoms with Crippen molar-refractivity contribution in [1.29, 1.82) is 0 Å². The van der Waals surface area contributed by atoms with E-state index in [0.717, 1.165) is 20.3 Å². The summed E-state index contributed by atoms with van der Waals surface area (Å²) in [6, 6.07) is 6.34. The first-order chi connectivity index (χ1) is 27.1. The number of aliphatic hydroxyl groups excluding tert-OH is 2. The van der Waals surface area contributed by atoms with Crippen LogP contribution in [-0.2, 0) is 19.1 Å². The Hall–Kier alpha value is -5.83. The summed E-state index contributed by atoms with van der Waals surface area (Å²) in [6.45, 7) is 7.55. The van der Waals surface area contributed by atoms with Gasteiger partial charge in [0.15, 0.2) is 11.6 Å². The highest BCUT2D eigenvalue weighted by molar-refractivity contribution is 6.38. The fraction of sp³-hybridized carbons (Fsp3) is 0.349. The van der Waals surface area contributed by atoms with Gasteiger partial charge in [-0.05, 0) is 57.7 Å². The van der Waals surface area contributed by atoms with Crippen molar-refractivity contribution >= 4 is 56.7 Å². The van der Waals surface area contributed by atoms with E-state index in [4.69, 9.17) is 21.1 Å². The number of Topliss-reactive ketones (excluding diaryl/α,β-unsaturated/α-hetero) is 2. The largest absolute Gasteiger partial charge is 0.511 e. The number of fused-ring (bicyclic) bond motifs is 4. The van der Waals surface area contributed by atoms with Gasteiger partial charge in [0.2, 0.25) is 0 Å². The van der Waals surface area contributed by atoms with Crippen molar-refractivity contribution in [3.05, 3.63) is 81.3 Å². The number of ketones is 2. The number of hydrogen-bond donors (Lipinski definition) is 8. The lowest BCUT2D eigenvalue weighted by atomic mass is 9.57. The number of hydrogen-bond acceptors (Lipinski definition) is 14. The molecule has 0 radical (unpaired) electrons. The Morgan fingerprint density at radius 1 is 0.741 bits per heavy atom. The predicted molar refractivity (Wildman–Crippen MR) is 212 cm³/mol. The van der Waals surface area contributed by atoms with E-state index in [9.17, 15) is 60.0 Å². The van der Waals surface area contributed by atoms with Crippen LogP contribution in [0.4, 0.5) is 0 Å². The lowest BCUT2D eigenvalue weighted by Gasteiger charge is -2.48. The molecular weight excluding hydrogens is 776 g/mol. The predicted octanol–water partition coefficient (Wildman–Crippen LogP) is 6.73. The molecule has 4 aromatic rings. The molecular formula is C43H43ClO14. The molecule has 0 bridgehead atoms. The van der Waals surface area contributed by atoms with Crippen LogP contribution in [0.3, 0.4) is 0 Å². The number of phenolic OH excluding ortho intramolecular Hbond substituents is 4. The molecule has 4 aromatic carbocycles. The van der Waals surface area contributed by atoms with Gasteiger partial charge in [0, 0.05) is 22.7 Å². The fourth-order valence-corrected chi connectivity index (χ4v) is 9.26. The number of aromatic hydroxyl groups is 4. The molecule has 306 valence electrons. The van der Waals surface area contributed by atoms with Crippen LogP contribution >= 0.6 is 11.6 Å². The Bertz CT molecular complexity index is 2530. The number of benzene rings is 4. The monoisotopic (exact) mass is 818 g/mol. The Balaban J connectivity index is 2.06. The third-order valence-electron chi connectivity index (χ3n) is 12.0. The average Bonchev–Trinajstić information content (AvgIpc) is 3.15. The second-order valence-electron chi connectivity index (χ2n) is 15.5. The summed E-state index contributed by atoms with van der Waals surface area (Å²) in [5.74, 6) is -15.1. The van der Waals surface area contributed by atoms with E-state index in [-0.39, 0.29) is 43.4 Å². The summed E-state index contributed by atoms with van der Waals surface area (Å²) >= 11 is 6.99. The maximum Gasteiger partial charge on any atom is 0.333 e. The zero-order valence-electron chi connectivity index (χ0n) is 32.5. The van der Waals surface area contributed by atoms with Crippen LogP contribution in [-0.4, -0.2) is 89.8 Å². The maximum atomic E-state index is 14.8. The number of carbonyl (C=O) groups excluding carboxylic acids is 4. The number of esters is 2. The SMILES string of the molecule is COC(=O)/C=C(/O)C1c2c(c(O)c3c(O)cccc3c2-c2c3c(c(O)c4c(O)ccc(Cl)c24)C(=O)C(C)C(O)(C(C)C)C3/C(O)=C\C(=O)OC)C(=O)CC1(O)C(C)C. The zero-order valence-corrected chi connectivity index (χ0v) is 33.3. The second-order valence-corrected chi connectivity index (χ2v) is 15.9. The molecule has 5 atom stereocenters. The van der Waals surface area contributed by atoms with E-state index in [0.29, 0.717) is 12.2 Å². The Morgan fingerprint density at radius 2 is 1.28 bits per heavy atom. The number of methoxy groups -OCH3 is 2. The summed E-state index contributed by atoms with van der Waals surface area (Å²) < 4.78 is 9.58. The van der Waals surface area contributed by atoms with Crippen LogP contribution in [0, 0.1) is 17.8 Å². The second kappa shape index (κ2) is 14.5. The van der Waals surface area contributed by atoms with Crippen LogP contribution in [0.25, 0.3) is 32.7 Å². The molecule has 15 heteroatoms. The number of halogens is 1. The number of carbonyl (C=O) groups is 4. The molecule has 58 heavy (non-hydrogen) atoms. The highest BCUT2D eigenvalue weighted by Gasteiger charge is 2.58. The van der Waals surface area contributed by atoms with Gasteiger partial charge in [-0.2, -0.15) is 0 Å². The molecule has 6 rings (SSSR count). The minimum Gasteiger partial charge on any atom is -0.511 e. The number of phenols is 4. The molecule has 0 saturated carbocycles. The molecule has 0 fully saturated rings. The lowest BCUT2D eigenvalue weighted by Crippen LogP contribution is -2.54. The van der Waals surface area contributed by atoms with Gasteiger partial charge in [-0.15, -0.1) is 0 Å². The molecule has 0 aromatic heterocycles. The van der Waals surface area contributed by atoms with E-state index in [1.165, 1.54) is 31.2 Å². The summed E-state index contributed by atoms with van der Waals surface area (Å²) in [5.41, 5.74) is -6.88. The first kappa shape index (κ1) is 41.8. The molecule has 0 saturated heterocycles. The molecule has 0 aliphatic heterocycles. The number of ether oxygens (including phenoxy) is 2. The molecule has 8 N–H and O–H groups in total. The van der Waals surface area contributed by atoms with Crippen LogP contribution < -0.4 is 0 Å². The molecule has 0 spiro atoms. The number of rotatable bonds is 7. The van der Waals surface area contributed by atoms with E-state index < -0.39 is 122 Å². The molecule has 14 nitrogen and oxygen atoms in total. The highest BCUT2D eigenvalue weighted by Crippen LogP contribution is 2.62. The Kier molecular flexibility index (Phi) is 10.5. The Labute approximate surface area is 336 Å². The van der Waals surface area contributed by atoms with Gasteiger partial charge in [0.25, 0.3) is 0 Å². The molecule has 2 aliphatic carbocycles. The normalized spacial score (nSPS) is 23.7. The van der Waals surface area contributed by atoms with Gasteiger partial charge in [-0.3, -0.25) is 9.59 Å². The topological polar surface area (TPSA) is 249 Å². The van der Waals surface area contributed by atoms with Crippen molar-refractivity contribution in [1.82, 2.24) is 0 Å². The van der Waals surface area contributed by atoms with Crippen LogP contribution in [0.1, 0.15) is 84.7 Å². The third kappa shape index (κ3) is 5.84. The van der Waals surface area contributed by atoms with E-state index >= 15 is 0 Å². The summed E-state index contributed by atoms with van der Waals surface area (Å²) in [6.07, 6.45) is 0.618. The van der Waals surface area contributed by atoms with Crippen LogP contribution in [0.5, 0.6) is 23.0 Å². The number of aliphatic hydroxyl groups is 4. The third-order valence-corrected chi connectivity index (χ3v) is 12.3. The molecule has 0 amide bonds. The van der Waals surface area contributed by atoms with Crippen molar-refractivity contribution in [3.8, 4) is 34.1 Å². The van der Waals surface area contributed by atoms with Gasteiger partial charge < -0.3 is 50.3 Å². The smallest absolute Gasteiger partial charge is 0.333 e. The summed E-state index contributed by atoms with van der Waals surface area (Å²) in [5, 5.41) is 94.9. The van der Waals surface area contributed by atoms with E-state index in [1.807, 2.05) is 0 Å². The first-order valence-corrected chi connectivity index (χ1v) is 18.7. The van der Waals surface area contributed by atoms with Gasteiger partial charge in [-0.1, -0.05) is 58.4 Å². The zero-order chi connectivity index (χ0) is 43.1. The van der Waals surface area contributed by atoms with Gasteiger partial charge >= 0.3 is 11.9 Å².